The van der Waals surface area contributed by atoms with E-state index in [0.717, 1.165) is 22.2 Å². The van der Waals surface area contributed by atoms with E-state index in [4.69, 9.17) is 11.6 Å². The van der Waals surface area contributed by atoms with E-state index in [0.29, 0.717) is 29.1 Å². The molecule has 0 bridgehead atoms. The molecule has 0 aliphatic rings. The Labute approximate surface area is 245 Å². The molecule has 0 heterocycles. The summed E-state index contributed by atoms with van der Waals surface area (Å²) in [5, 5.41) is 14.8. The predicted octanol–water partition coefficient (Wildman–Crippen LogP) is 4.49. The fraction of sp³-hybridized carbons (Fsp3) is 0.310. The van der Waals surface area contributed by atoms with Crippen LogP contribution < -0.4 is 9.62 Å². The van der Waals surface area contributed by atoms with E-state index >= 15 is 0 Å². The van der Waals surface area contributed by atoms with Crippen LogP contribution in [0.3, 0.4) is 0 Å². The van der Waals surface area contributed by atoms with Crippen LogP contribution in [0.5, 0.6) is 0 Å². The summed E-state index contributed by atoms with van der Waals surface area (Å²) >= 11 is 6.06. The lowest BCUT2D eigenvalue weighted by molar-refractivity contribution is -0.384. The summed E-state index contributed by atoms with van der Waals surface area (Å²) in [5.74, 6) is -1.03. The van der Waals surface area contributed by atoms with Gasteiger partial charge in [0.1, 0.15) is 12.6 Å². The average Bonchev–Trinajstić information content (AvgIpc) is 2.93. The smallest absolute Gasteiger partial charge is 0.271 e. The first-order valence-corrected chi connectivity index (χ1v) is 15.2. The van der Waals surface area contributed by atoms with Crippen molar-refractivity contribution in [3.8, 4) is 0 Å². The Kier molecular flexibility index (Phi) is 10.8. The van der Waals surface area contributed by atoms with Crippen LogP contribution in [0.1, 0.15) is 30.0 Å². The van der Waals surface area contributed by atoms with Gasteiger partial charge >= 0.3 is 0 Å². The number of anilines is 1. The summed E-state index contributed by atoms with van der Waals surface area (Å²) in [5.41, 5.74) is 1.62. The molecule has 0 aliphatic heterocycles. The van der Waals surface area contributed by atoms with Crippen LogP contribution >= 0.6 is 11.6 Å². The third kappa shape index (κ3) is 8.76. The van der Waals surface area contributed by atoms with Gasteiger partial charge in [-0.15, -0.1) is 0 Å². The van der Waals surface area contributed by atoms with E-state index < -0.39 is 33.4 Å². The lowest BCUT2D eigenvalue weighted by Crippen LogP contribution is -2.53. The number of non-ortho nitro benzene ring substituents is 1. The first-order valence-electron chi connectivity index (χ1n) is 13.0. The summed E-state index contributed by atoms with van der Waals surface area (Å²) in [6, 6.07) is 18.8. The Morgan fingerprint density at radius 1 is 1.02 bits per heavy atom. The summed E-state index contributed by atoms with van der Waals surface area (Å²) in [4.78, 5) is 39.7. The molecule has 0 spiro atoms. The number of nitrogens with one attached hydrogen (secondary N) is 1. The van der Waals surface area contributed by atoms with Crippen LogP contribution in [0.4, 0.5) is 11.4 Å². The molecule has 2 amide bonds. The number of benzene rings is 3. The zero-order chi connectivity index (χ0) is 30.2. The molecule has 0 saturated heterocycles. The van der Waals surface area contributed by atoms with Gasteiger partial charge in [-0.2, -0.15) is 0 Å². The molecule has 1 unspecified atom stereocenters. The summed E-state index contributed by atoms with van der Waals surface area (Å²) in [7, 11) is -4.06. The van der Waals surface area contributed by atoms with E-state index in [2.05, 4.69) is 5.32 Å². The second kappa shape index (κ2) is 14.1. The van der Waals surface area contributed by atoms with Crippen LogP contribution in [0.25, 0.3) is 0 Å². The molecule has 3 aromatic rings. The number of hydrogen-bond acceptors (Lipinski definition) is 6. The van der Waals surface area contributed by atoms with Gasteiger partial charge in [0.2, 0.25) is 21.8 Å². The number of carbonyl (C=O) groups is 2. The molecule has 12 heteroatoms. The van der Waals surface area contributed by atoms with E-state index in [-0.39, 0.29) is 30.2 Å². The van der Waals surface area contributed by atoms with Crippen molar-refractivity contribution >= 4 is 44.8 Å². The molecule has 3 aromatic carbocycles. The van der Waals surface area contributed by atoms with Gasteiger partial charge in [-0.1, -0.05) is 67.1 Å². The van der Waals surface area contributed by atoms with Crippen molar-refractivity contribution in [2.75, 3.05) is 23.7 Å². The number of amides is 2. The number of nitro groups is 1. The molecule has 3 rings (SSSR count). The van der Waals surface area contributed by atoms with E-state index in [1.54, 1.807) is 31.2 Å². The quantitative estimate of drug-likeness (QED) is 0.227. The first kappa shape index (κ1) is 31.6. The molecule has 41 heavy (non-hydrogen) atoms. The Morgan fingerprint density at radius 3 is 2.27 bits per heavy atom. The fourth-order valence-corrected chi connectivity index (χ4v) is 5.31. The number of aryl methyl sites for hydroxylation is 1. The number of sulfonamides is 1. The number of nitro benzene ring substituents is 1. The van der Waals surface area contributed by atoms with Crippen molar-refractivity contribution in [1.29, 1.82) is 0 Å². The van der Waals surface area contributed by atoms with Crippen molar-refractivity contribution in [1.82, 2.24) is 10.2 Å². The van der Waals surface area contributed by atoms with E-state index in [1.807, 2.05) is 37.3 Å². The summed E-state index contributed by atoms with van der Waals surface area (Å²) in [6.07, 6.45) is 1.80. The number of carbonyl (C=O) groups excluding carboxylic acids is 2. The molecular weight excluding hydrogens is 568 g/mol. The monoisotopic (exact) mass is 600 g/mol. The molecule has 0 aromatic heterocycles. The van der Waals surface area contributed by atoms with Crippen molar-refractivity contribution in [2.24, 2.45) is 0 Å². The van der Waals surface area contributed by atoms with Crippen molar-refractivity contribution in [2.45, 2.75) is 39.3 Å². The maximum atomic E-state index is 14.1. The summed E-state index contributed by atoms with van der Waals surface area (Å²) < 4.78 is 26.7. The van der Waals surface area contributed by atoms with Crippen LogP contribution in [-0.2, 0) is 32.6 Å². The van der Waals surface area contributed by atoms with Crippen LogP contribution in [0.2, 0.25) is 5.02 Å². The maximum Gasteiger partial charge on any atom is 0.271 e. The van der Waals surface area contributed by atoms with Gasteiger partial charge in [-0.3, -0.25) is 24.0 Å². The van der Waals surface area contributed by atoms with Crippen LogP contribution in [0, 0.1) is 17.0 Å². The minimum Gasteiger partial charge on any atom is -0.354 e. The number of rotatable bonds is 13. The number of hydrogen-bond donors (Lipinski definition) is 1. The summed E-state index contributed by atoms with van der Waals surface area (Å²) in [6.45, 7) is 3.24. The second-order valence-corrected chi connectivity index (χ2v) is 12.0. The third-order valence-electron chi connectivity index (χ3n) is 6.44. The zero-order valence-electron chi connectivity index (χ0n) is 23.1. The highest BCUT2D eigenvalue weighted by Gasteiger charge is 2.33. The predicted molar refractivity (Wildman–Crippen MR) is 159 cm³/mol. The van der Waals surface area contributed by atoms with Crippen LogP contribution in [-0.4, -0.2) is 55.4 Å². The highest BCUT2D eigenvalue weighted by Crippen LogP contribution is 2.28. The largest absolute Gasteiger partial charge is 0.354 e. The molecule has 0 radical (unpaired) electrons. The van der Waals surface area contributed by atoms with Crippen molar-refractivity contribution < 1.29 is 22.9 Å². The highest BCUT2D eigenvalue weighted by atomic mass is 35.5. The Hall–Kier alpha value is -3.96. The molecule has 0 aliphatic carbocycles. The van der Waals surface area contributed by atoms with Gasteiger partial charge in [-0.25, -0.2) is 8.42 Å². The zero-order valence-corrected chi connectivity index (χ0v) is 24.7. The van der Waals surface area contributed by atoms with Gasteiger partial charge in [0.25, 0.3) is 5.69 Å². The lowest BCUT2D eigenvalue weighted by atomic mass is 10.0. The number of nitrogens with zero attached hydrogens (tertiary/aromatic N) is 3. The van der Waals surface area contributed by atoms with Crippen LogP contribution in [0.15, 0.2) is 72.8 Å². The maximum absolute atomic E-state index is 14.1. The molecule has 0 fully saturated rings. The third-order valence-corrected chi connectivity index (χ3v) is 7.82. The second-order valence-electron chi connectivity index (χ2n) is 9.64. The molecule has 1 atom stereocenters. The highest BCUT2D eigenvalue weighted by molar-refractivity contribution is 7.92. The standard InChI is InChI=1S/C29H33ClN4O6S/c1-4-16-31-29(36)27(17-22-8-6-5-7-9-22)32(19-23-11-13-24(30)14-12-23)28(35)20-33(41(3,39)40)26-18-25(34(37)38)15-10-21(26)2/h5-15,18,27H,4,16-17,19-20H2,1-3H3,(H,31,36). The van der Waals surface area contributed by atoms with Crippen molar-refractivity contribution in [3.63, 3.8) is 0 Å². The molecule has 218 valence electrons. The number of halogens is 1. The van der Waals surface area contributed by atoms with Gasteiger partial charge in [0.05, 0.1) is 16.9 Å². The van der Waals surface area contributed by atoms with E-state index in [9.17, 15) is 28.1 Å². The minimum atomic E-state index is -4.06. The van der Waals surface area contributed by atoms with E-state index in [1.165, 1.54) is 17.0 Å². The SMILES string of the molecule is CCCNC(=O)C(Cc1ccccc1)N(Cc1ccc(Cl)cc1)C(=O)CN(c1cc([N+](=O)[O-])ccc1C)S(C)(=O)=O. The van der Waals surface area contributed by atoms with Crippen molar-refractivity contribution in [3.05, 3.63) is 105 Å². The Bertz CT molecular complexity index is 1480. The Balaban J connectivity index is 2.09. The average molecular weight is 601 g/mol. The normalized spacial score (nSPS) is 11.9. The first-order chi connectivity index (χ1) is 19.4. The topological polar surface area (TPSA) is 130 Å². The molecule has 10 nitrogen and oxygen atoms in total. The Morgan fingerprint density at radius 2 is 1.68 bits per heavy atom. The molecular formula is C29H33ClN4O6S. The minimum absolute atomic E-state index is 0.00142. The molecule has 1 N–H and O–H groups in total. The molecule has 0 saturated carbocycles. The van der Waals surface area contributed by atoms with Gasteiger partial charge in [-0.05, 0) is 42.2 Å². The lowest BCUT2D eigenvalue weighted by Gasteiger charge is -2.33. The van der Waals surface area contributed by atoms with Gasteiger partial charge in [0, 0.05) is 36.7 Å². The van der Waals surface area contributed by atoms with Gasteiger partial charge < -0.3 is 10.2 Å². The fourth-order valence-electron chi connectivity index (χ4n) is 4.28. The van der Waals surface area contributed by atoms with Gasteiger partial charge in [0.15, 0.2) is 0 Å².